The molecule has 1 aromatic carbocycles. The van der Waals surface area contributed by atoms with Gasteiger partial charge in [-0.3, -0.25) is 4.79 Å². The number of ether oxygens (including phenoxy) is 1. The van der Waals surface area contributed by atoms with Crippen molar-refractivity contribution in [1.29, 1.82) is 0 Å². The van der Waals surface area contributed by atoms with E-state index in [1.807, 2.05) is 45.3 Å². The topological polar surface area (TPSA) is 41.6 Å². The Labute approximate surface area is 127 Å². The third-order valence-electron chi connectivity index (χ3n) is 3.22. The smallest absolute Gasteiger partial charge is 0.226 e. The lowest BCUT2D eigenvalue weighted by atomic mass is 10.1. The van der Waals surface area contributed by atoms with Crippen molar-refractivity contribution in [3.05, 3.63) is 29.8 Å². The zero-order valence-electron chi connectivity index (χ0n) is 12.7. The van der Waals surface area contributed by atoms with E-state index < -0.39 is 0 Å². The van der Waals surface area contributed by atoms with Crippen LogP contribution in [0.5, 0.6) is 5.75 Å². The Kier molecular flexibility index (Phi) is 9.01. The molecule has 0 aliphatic rings. The fourth-order valence-electron chi connectivity index (χ4n) is 2.08. The molecular formula is C15H25ClN2O2. The number of nitrogens with one attached hydrogen (secondary N) is 1. The van der Waals surface area contributed by atoms with Gasteiger partial charge in [0.15, 0.2) is 0 Å². The van der Waals surface area contributed by atoms with Crippen molar-refractivity contribution in [2.24, 2.45) is 5.92 Å². The number of hydrogen-bond donors (Lipinski definition) is 1. The molecule has 4 nitrogen and oxygen atoms in total. The highest BCUT2D eigenvalue weighted by Crippen LogP contribution is 2.18. The highest BCUT2D eigenvalue weighted by molar-refractivity contribution is 5.85. The first kappa shape index (κ1) is 18.7. The highest BCUT2D eigenvalue weighted by atomic mass is 35.5. The van der Waals surface area contributed by atoms with Gasteiger partial charge >= 0.3 is 0 Å². The van der Waals surface area contributed by atoms with Crippen molar-refractivity contribution in [2.75, 3.05) is 34.3 Å². The van der Waals surface area contributed by atoms with Crippen molar-refractivity contribution in [3.63, 3.8) is 0 Å². The van der Waals surface area contributed by atoms with Gasteiger partial charge in [0, 0.05) is 26.1 Å². The summed E-state index contributed by atoms with van der Waals surface area (Å²) in [4.78, 5) is 13.8. The molecule has 1 amide bonds. The van der Waals surface area contributed by atoms with Crippen LogP contribution < -0.4 is 10.1 Å². The molecule has 0 aliphatic heterocycles. The monoisotopic (exact) mass is 300 g/mol. The molecule has 0 aromatic heterocycles. The number of amides is 1. The number of para-hydroxylation sites is 1. The van der Waals surface area contributed by atoms with E-state index in [0.717, 1.165) is 17.7 Å². The fourth-order valence-corrected chi connectivity index (χ4v) is 2.08. The number of rotatable bonds is 7. The number of halogens is 1. The zero-order valence-corrected chi connectivity index (χ0v) is 13.5. The molecule has 0 saturated heterocycles. The maximum atomic E-state index is 12.1. The highest BCUT2D eigenvalue weighted by Gasteiger charge is 2.16. The van der Waals surface area contributed by atoms with Gasteiger partial charge in [0.2, 0.25) is 5.91 Å². The maximum Gasteiger partial charge on any atom is 0.226 e. The molecule has 1 unspecified atom stereocenters. The SMILES string of the molecule is CNCC(C)C(=O)N(C)CCc1ccccc1OC.Cl. The third-order valence-corrected chi connectivity index (χ3v) is 3.22. The van der Waals surface area contributed by atoms with Crippen molar-refractivity contribution in [1.82, 2.24) is 10.2 Å². The van der Waals surface area contributed by atoms with Gasteiger partial charge in [0.25, 0.3) is 0 Å². The number of hydrogen-bond acceptors (Lipinski definition) is 3. The molecular weight excluding hydrogens is 276 g/mol. The summed E-state index contributed by atoms with van der Waals surface area (Å²) >= 11 is 0. The van der Waals surface area contributed by atoms with Crippen LogP contribution in [-0.4, -0.2) is 45.1 Å². The van der Waals surface area contributed by atoms with Gasteiger partial charge in [0.05, 0.1) is 7.11 Å². The van der Waals surface area contributed by atoms with Crippen LogP contribution >= 0.6 is 12.4 Å². The minimum atomic E-state index is 0. The van der Waals surface area contributed by atoms with Crippen molar-refractivity contribution >= 4 is 18.3 Å². The van der Waals surface area contributed by atoms with E-state index in [4.69, 9.17) is 4.74 Å². The summed E-state index contributed by atoms with van der Waals surface area (Å²) in [6.07, 6.45) is 0.804. The third kappa shape index (κ3) is 5.39. The molecule has 0 aliphatic carbocycles. The largest absolute Gasteiger partial charge is 0.496 e. The van der Waals surface area contributed by atoms with Crippen LogP contribution in [0.2, 0.25) is 0 Å². The first-order chi connectivity index (χ1) is 9.10. The van der Waals surface area contributed by atoms with Crippen molar-refractivity contribution in [2.45, 2.75) is 13.3 Å². The normalized spacial score (nSPS) is 11.4. The molecule has 0 spiro atoms. The lowest BCUT2D eigenvalue weighted by Crippen LogP contribution is -2.37. The lowest BCUT2D eigenvalue weighted by Gasteiger charge is -2.21. The molecule has 114 valence electrons. The van der Waals surface area contributed by atoms with Crippen molar-refractivity contribution in [3.8, 4) is 5.75 Å². The Balaban J connectivity index is 0.00000361. The summed E-state index contributed by atoms with van der Waals surface area (Å²) in [5, 5.41) is 3.03. The number of carbonyl (C=O) groups excluding carboxylic acids is 1. The van der Waals surface area contributed by atoms with Gasteiger partial charge in [-0.2, -0.15) is 0 Å². The van der Waals surface area contributed by atoms with Crippen LogP contribution in [0.3, 0.4) is 0 Å². The molecule has 1 N–H and O–H groups in total. The second-order valence-corrected chi connectivity index (χ2v) is 4.78. The summed E-state index contributed by atoms with van der Waals surface area (Å²) < 4.78 is 5.31. The number of likely N-dealkylation sites (N-methyl/N-ethyl adjacent to an activating group) is 1. The Morgan fingerprint density at radius 3 is 2.65 bits per heavy atom. The molecule has 1 atom stereocenters. The van der Waals surface area contributed by atoms with Gasteiger partial charge in [0.1, 0.15) is 5.75 Å². The Hall–Kier alpha value is -1.26. The van der Waals surface area contributed by atoms with Crippen LogP contribution in [0, 0.1) is 5.92 Å². The Morgan fingerprint density at radius 2 is 2.05 bits per heavy atom. The summed E-state index contributed by atoms with van der Waals surface area (Å²) in [6.45, 7) is 3.35. The quantitative estimate of drug-likeness (QED) is 0.837. The minimum Gasteiger partial charge on any atom is -0.496 e. The summed E-state index contributed by atoms with van der Waals surface area (Å²) in [7, 11) is 5.38. The van der Waals surface area contributed by atoms with Gasteiger partial charge in [-0.1, -0.05) is 25.1 Å². The molecule has 0 bridgehead atoms. The number of benzene rings is 1. The number of nitrogens with zero attached hydrogens (tertiary/aromatic N) is 1. The average Bonchev–Trinajstić information content (AvgIpc) is 2.44. The fraction of sp³-hybridized carbons (Fsp3) is 0.533. The predicted molar refractivity (Wildman–Crippen MR) is 84.7 cm³/mol. The molecule has 5 heteroatoms. The van der Waals surface area contributed by atoms with E-state index in [1.54, 1.807) is 12.0 Å². The van der Waals surface area contributed by atoms with Crippen LogP contribution in [0.25, 0.3) is 0 Å². The molecule has 0 heterocycles. The second kappa shape index (κ2) is 9.61. The van der Waals surface area contributed by atoms with E-state index in [0.29, 0.717) is 13.1 Å². The van der Waals surface area contributed by atoms with Gasteiger partial charge in [-0.15, -0.1) is 12.4 Å². The van der Waals surface area contributed by atoms with E-state index >= 15 is 0 Å². The zero-order chi connectivity index (χ0) is 14.3. The minimum absolute atomic E-state index is 0. The van der Waals surface area contributed by atoms with Gasteiger partial charge in [-0.25, -0.2) is 0 Å². The first-order valence-electron chi connectivity index (χ1n) is 6.61. The predicted octanol–water partition coefficient (Wildman–Crippen LogP) is 1.97. The second-order valence-electron chi connectivity index (χ2n) is 4.78. The molecule has 0 fully saturated rings. The summed E-state index contributed by atoms with van der Waals surface area (Å²) in [6, 6.07) is 7.92. The van der Waals surface area contributed by atoms with E-state index in [-0.39, 0.29) is 24.2 Å². The molecule has 1 aromatic rings. The number of methoxy groups -OCH3 is 1. The van der Waals surface area contributed by atoms with E-state index in [9.17, 15) is 4.79 Å². The van der Waals surface area contributed by atoms with Crippen LogP contribution in [0.1, 0.15) is 12.5 Å². The number of carbonyl (C=O) groups is 1. The van der Waals surface area contributed by atoms with Gasteiger partial charge in [-0.05, 0) is 25.1 Å². The maximum absolute atomic E-state index is 12.1. The van der Waals surface area contributed by atoms with Gasteiger partial charge < -0.3 is 15.0 Å². The summed E-state index contributed by atoms with van der Waals surface area (Å²) in [5.74, 6) is 1.06. The first-order valence-corrected chi connectivity index (χ1v) is 6.61. The van der Waals surface area contributed by atoms with E-state index in [1.165, 1.54) is 0 Å². The Morgan fingerprint density at radius 1 is 1.40 bits per heavy atom. The van der Waals surface area contributed by atoms with Crippen LogP contribution in [0.15, 0.2) is 24.3 Å². The molecule has 0 radical (unpaired) electrons. The van der Waals surface area contributed by atoms with E-state index in [2.05, 4.69) is 5.32 Å². The Bertz CT molecular complexity index is 413. The summed E-state index contributed by atoms with van der Waals surface area (Å²) in [5.41, 5.74) is 1.13. The molecule has 20 heavy (non-hydrogen) atoms. The standard InChI is InChI=1S/C15H24N2O2.ClH/c1-12(11-16-2)15(18)17(3)10-9-13-7-5-6-8-14(13)19-4;/h5-8,12,16H,9-11H2,1-4H3;1H. The molecule has 1 rings (SSSR count). The van der Waals surface area contributed by atoms with Crippen LogP contribution in [0.4, 0.5) is 0 Å². The molecule has 0 saturated carbocycles. The van der Waals surface area contributed by atoms with Crippen LogP contribution in [-0.2, 0) is 11.2 Å². The lowest BCUT2D eigenvalue weighted by molar-refractivity contribution is -0.133. The van der Waals surface area contributed by atoms with Crippen molar-refractivity contribution < 1.29 is 9.53 Å². The average molecular weight is 301 g/mol.